The van der Waals surface area contributed by atoms with Gasteiger partial charge in [0.25, 0.3) is 0 Å². The molecule has 0 N–H and O–H groups in total. The van der Waals surface area contributed by atoms with Crippen molar-refractivity contribution in [2.45, 2.75) is 24.3 Å². The van der Waals surface area contributed by atoms with Crippen LogP contribution in [0.2, 0.25) is 0 Å². The van der Waals surface area contributed by atoms with Crippen LogP contribution in [0.3, 0.4) is 0 Å². The van der Waals surface area contributed by atoms with Gasteiger partial charge in [-0.1, -0.05) is 12.1 Å². The minimum atomic E-state index is 0.200. The Labute approximate surface area is 125 Å². The molecule has 0 aliphatic rings. The topological polar surface area (TPSA) is 20.3 Å². The molecule has 1 atom stereocenters. The Kier molecular flexibility index (Phi) is 7.57. The molecule has 0 radical (unpaired) electrons. The quantitative estimate of drug-likeness (QED) is 0.539. The fraction of sp³-hybridized carbons (Fsp3) is 0.533. The van der Waals surface area contributed by atoms with Crippen molar-refractivity contribution in [2.75, 3.05) is 31.9 Å². The second-order valence-electron chi connectivity index (χ2n) is 4.70. The monoisotopic (exact) mass is 297 g/mol. The molecule has 106 valence electrons. The molecule has 0 fully saturated rings. The largest absolute Gasteiger partial charge is 0.296 e. The molecule has 2 nitrogen and oxygen atoms in total. The highest BCUT2D eigenvalue weighted by atomic mass is 32.2. The van der Waals surface area contributed by atoms with Gasteiger partial charge in [-0.25, -0.2) is 0 Å². The van der Waals surface area contributed by atoms with E-state index in [1.165, 1.54) is 4.90 Å². The zero-order valence-electron chi connectivity index (χ0n) is 12.2. The average molecular weight is 297 g/mol. The minimum Gasteiger partial charge on any atom is -0.296 e. The van der Waals surface area contributed by atoms with Crippen LogP contribution in [-0.2, 0) is 0 Å². The van der Waals surface area contributed by atoms with E-state index in [0.717, 1.165) is 17.7 Å². The van der Waals surface area contributed by atoms with E-state index in [0.29, 0.717) is 12.6 Å². The first kappa shape index (κ1) is 16.6. The molecule has 0 heterocycles. The Balaban J connectivity index is 2.53. The summed E-state index contributed by atoms with van der Waals surface area (Å²) < 4.78 is 0. The molecule has 0 bridgehead atoms. The number of likely N-dealkylation sites (N-methyl/N-ethyl adjacent to an activating group) is 1. The number of hydrogen-bond donors (Lipinski definition) is 0. The summed E-state index contributed by atoms with van der Waals surface area (Å²) in [6.07, 6.45) is 5.28. The van der Waals surface area contributed by atoms with Crippen LogP contribution in [0.15, 0.2) is 29.2 Å². The second kappa shape index (κ2) is 8.67. The first-order valence-corrected chi connectivity index (χ1v) is 9.06. The van der Waals surface area contributed by atoms with Crippen LogP contribution in [0.1, 0.15) is 23.7 Å². The van der Waals surface area contributed by atoms with Crippen LogP contribution in [0.25, 0.3) is 0 Å². The molecule has 4 heteroatoms. The molecule has 1 rings (SSSR count). The van der Waals surface area contributed by atoms with Crippen LogP contribution in [-0.4, -0.2) is 48.6 Å². The maximum Gasteiger partial charge on any atom is 0.176 e. The van der Waals surface area contributed by atoms with Gasteiger partial charge in [0.05, 0.1) is 6.54 Å². The summed E-state index contributed by atoms with van der Waals surface area (Å²) in [5.74, 6) is 1.34. The van der Waals surface area contributed by atoms with Crippen LogP contribution in [0, 0.1) is 0 Å². The van der Waals surface area contributed by atoms with Gasteiger partial charge in [-0.05, 0) is 50.8 Å². The number of nitrogens with zero attached hydrogens (tertiary/aromatic N) is 1. The predicted molar refractivity (Wildman–Crippen MR) is 87.6 cm³/mol. The summed E-state index contributed by atoms with van der Waals surface area (Å²) in [5.41, 5.74) is 0.807. The number of hydrogen-bond acceptors (Lipinski definition) is 4. The van der Waals surface area contributed by atoms with Crippen molar-refractivity contribution >= 4 is 29.3 Å². The van der Waals surface area contributed by atoms with Gasteiger partial charge in [-0.2, -0.15) is 11.8 Å². The number of ketones is 1. The predicted octanol–water partition coefficient (Wildman–Crippen LogP) is 3.66. The van der Waals surface area contributed by atoms with Gasteiger partial charge < -0.3 is 0 Å². The molecular weight excluding hydrogens is 274 g/mol. The lowest BCUT2D eigenvalue weighted by atomic mass is 10.1. The maximum atomic E-state index is 12.2. The van der Waals surface area contributed by atoms with Crippen molar-refractivity contribution in [1.29, 1.82) is 0 Å². The average Bonchev–Trinajstić information content (AvgIpc) is 2.44. The smallest absolute Gasteiger partial charge is 0.176 e. The van der Waals surface area contributed by atoms with E-state index in [4.69, 9.17) is 0 Å². The van der Waals surface area contributed by atoms with Gasteiger partial charge in [0.2, 0.25) is 0 Å². The summed E-state index contributed by atoms with van der Waals surface area (Å²) in [6, 6.07) is 8.31. The lowest BCUT2D eigenvalue weighted by molar-refractivity contribution is 0.0923. The van der Waals surface area contributed by atoms with Crippen molar-refractivity contribution in [3.05, 3.63) is 29.8 Å². The second-order valence-corrected chi connectivity index (χ2v) is 6.56. The van der Waals surface area contributed by atoms with E-state index in [-0.39, 0.29) is 5.78 Å². The molecule has 0 saturated heterocycles. The zero-order chi connectivity index (χ0) is 14.3. The third-order valence-electron chi connectivity index (χ3n) is 3.30. The Morgan fingerprint density at radius 2 is 1.89 bits per heavy atom. The Hall–Kier alpha value is -0.450. The van der Waals surface area contributed by atoms with Gasteiger partial charge in [0, 0.05) is 16.5 Å². The Morgan fingerprint density at radius 1 is 1.26 bits per heavy atom. The van der Waals surface area contributed by atoms with E-state index in [2.05, 4.69) is 18.1 Å². The van der Waals surface area contributed by atoms with Crippen molar-refractivity contribution in [3.63, 3.8) is 0 Å². The van der Waals surface area contributed by atoms with E-state index in [9.17, 15) is 4.79 Å². The zero-order valence-corrected chi connectivity index (χ0v) is 13.8. The number of carbonyl (C=O) groups excluding carboxylic acids is 1. The first-order valence-electron chi connectivity index (χ1n) is 6.45. The lowest BCUT2D eigenvalue weighted by Crippen LogP contribution is -2.34. The highest BCUT2D eigenvalue weighted by Gasteiger charge is 2.14. The maximum absolute atomic E-state index is 12.2. The molecule has 0 aliphatic carbocycles. The summed E-state index contributed by atoms with van der Waals surface area (Å²) in [7, 11) is 2.03. The van der Waals surface area contributed by atoms with Gasteiger partial charge in [-0.3, -0.25) is 9.69 Å². The van der Waals surface area contributed by atoms with Crippen LogP contribution in [0.5, 0.6) is 0 Å². The number of carbonyl (C=O) groups is 1. The van der Waals surface area contributed by atoms with E-state index >= 15 is 0 Å². The van der Waals surface area contributed by atoms with Gasteiger partial charge in [0.15, 0.2) is 5.78 Å². The summed E-state index contributed by atoms with van der Waals surface area (Å²) in [6.45, 7) is 2.68. The molecular formula is C15H23NOS2. The molecule has 0 aromatic heterocycles. The molecule has 1 aromatic carbocycles. The third kappa shape index (κ3) is 5.59. The van der Waals surface area contributed by atoms with E-state index in [1.54, 1.807) is 11.8 Å². The molecule has 0 saturated carbocycles. The van der Waals surface area contributed by atoms with E-state index < -0.39 is 0 Å². The van der Waals surface area contributed by atoms with Crippen LogP contribution in [0.4, 0.5) is 0 Å². The molecule has 1 unspecified atom stereocenters. The lowest BCUT2D eigenvalue weighted by Gasteiger charge is -2.23. The minimum absolute atomic E-state index is 0.200. The van der Waals surface area contributed by atoms with Crippen LogP contribution < -0.4 is 0 Å². The third-order valence-corrected chi connectivity index (χ3v) is 4.68. The Bertz CT molecular complexity index is 392. The summed E-state index contributed by atoms with van der Waals surface area (Å²) in [4.78, 5) is 15.5. The number of rotatable bonds is 8. The molecule has 0 amide bonds. The summed E-state index contributed by atoms with van der Waals surface area (Å²) >= 11 is 3.55. The van der Waals surface area contributed by atoms with Crippen LogP contribution >= 0.6 is 23.5 Å². The molecule has 19 heavy (non-hydrogen) atoms. The fourth-order valence-electron chi connectivity index (χ4n) is 1.76. The van der Waals surface area contributed by atoms with Crippen molar-refractivity contribution in [1.82, 2.24) is 4.90 Å². The Morgan fingerprint density at radius 3 is 2.42 bits per heavy atom. The molecule has 0 spiro atoms. The molecule has 0 aliphatic heterocycles. The number of Topliss-reactive ketones (excluding diaryl/α,β-unsaturated/α-hetero) is 1. The number of thioether (sulfide) groups is 2. The normalized spacial score (nSPS) is 12.7. The fourth-order valence-corrected chi connectivity index (χ4v) is 2.74. The standard InChI is InChI=1S/C15H23NOS2/c1-12(9-10-18-3)16(2)11-15(17)13-5-7-14(19-4)8-6-13/h5-8,12H,9-11H2,1-4H3. The van der Waals surface area contributed by atoms with Crippen molar-refractivity contribution in [2.24, 2.45) is 0 Å². The van der Waals surface area contributed by atoms with Crippen molar-refractivity contribution in [3.8, 4) is 0 Å². The SMILES string of the molecule is CSCCC(C)N(C)CC(=O)c1ccc(SC)cc1. The number of benzene rings is 1. The summed E-state index contributed by atoms with van der Waals surface area (Å²) in [5, 5.41) is 0. The first-order chi connectivity index (χ1) is 9.08. The molecule has 1 aromatic rings. The van der Waals surface area contributed by atoms with Gasteiger partial charge in [0.1, 0.15) is 0 Å². The van der Waals surface area contributed by atoms with E-state index in [1.807, 2.05) is 49.3 Å². The highest BCUT2D eigenvalue weighted by Crippen LogP contribution is 2.15. The van der Waals surface area contributed by atoms with Gasteiger partial charge in [-0.15, -0.1) is 11.8 Å². The highest BCUT2D eigenvalue weighted by molar-refractivity contribution is 7.98. The van der Waals surface area contributed by atoms with Crippen molar-refractivity contribution < 1.29 is 4.79 Å². The van der Waals surface area contributed by atoms with Gasteiger partial charge >= 0.3 is 0 Å².